The van der Waals surface area contributed by atoms with Crippen LogP contribution in [0, 0.1) is 0 Å². The van der Waals surface area contributed by atoms with Gasteiger partial charge < -0.3 is 14.4 Å². The maximum absolute atomic E-state index is 12.7. The van der Waals surface area contributed by atoms with Crippen molar-refractivity contribution in [2.24, 2.45) is 0 Å². The molecule has 1 saturated heterocycles. The van der Waals surface area contributed by atoms with Gasteiger partial charge in [-0.15, -0.1) is 0 Å². The molecule has 0 N–H and O–H groups in total. The van der Waals surface area contributed by atoms with Crippen LogP contribution in [0.3, 0.4) is 0 Å². The molecular formula is C22H27ClN2O3. The van der Waals surface area contributed by atoms with Crippen LogP contribution in [-0.2, 0) is 6.42 Å². The Morgan fingerprint density at radius 3 is 2.75 bits per heavy atom. The molecule has 0 saturated carbocycles. The molecular weight excluding hydrogens is 376 g/mol. The molecule has 0 aliphatic carbocycles. The molecule has 1 aliphatic rings. The highest BCUT2D eigenvalue weighted by Gasteiger charge is 2.20. The van der Waals surface area contributed by atoms with E-state index >= 15 is 0 Å². The number of benzene rings is 1. The van der Waals surface area contributed by atoms with Crippen molar-refractivity contribution < 1.29 is 14.3 Å². The SMILES string of the molecule is COc1ccc(CCC(=O)c2cc(OC[C@@H]3CCCCN3C)cnc2Cl)cc1. The summed E-state index contributed by atoms with van der Waals surface area (Å²) in [4.78, 5) is 19.1. The van der Waals surface area contributed by atoms with Gasteiger partial charge in [0.2, 0.25) is 0 Å². The van der Waals surface area contributed by atoms with Crippen LogP contribution < -0.4 is 9.47 Å². The Kier molecular flexibility index (Phi) is 7.29. The van der Waals surface area contributed by atoms with E-state index in [2.05, 4.69) is 16.9 Å². The first-order valence-electron chi connectivity index (χ1n) is 9.71. The summed E-state index contributed by atoms with van der Waals surface area (Å²) < 4.78 is 11.1. The lowest BCUT2D eigenvalue weighted by molar-refractivity contribution is 0.0981. The van der Waals surface area contributed by atoms with E-state index in [1.807, 2.05) is 24.3 Å². The Morgan fingerprint density at radius 1 is 1.25 bits per heavy atom. The molecule has 0 amide bonds. The Morgan fingerprint density at radius 2 is 2.04 bits per heavy atom. The molecule has 5 nitrogen and oxygen atoms in total. The molecule has 150 valence electrons. The number of piperidine rings is 1. The lowest BCUT2D eigenvalue weighted by Gasteiger charge is -2.32. The van der Waals surface area contributed by atoms with E-state index in [9.17, 15) is 4.79 Å². The molecule has 3 rings (SSSR count). The van der Waals surface area contributed by atoms with E-state index in [0.717, 1.165) is 24.3 Å². The highest BCUT2D eigenvalue weighted by Crippen LogP contribution is 2.23. The van der Waals surface area contributed by atoms with Gasteiger partial charge in [-0.3, -0.25) is 4.79 Å². The molecule has 2 heterocycles. The number of hydrogen-bond acceptors (Lipinski definition) is 5. The lowest BCUT2D eigenvalue weighted by atomic mass is 10.0. The van der Waals surface area contributed by atoms with Gasteiger partial charge in [0.25, 0.3) is 0 Å². The van der Waals surface area contributed by atoms with Gasteiger partial charge >= 0.3 is 0 Å². The standard InChI is InChI=1S/C22H27ClN2O3/c1-25-12-4-3-5-17(25)15-28-19-13-20(22(23)24-14-19)21(26)11-8-16-6-9-18(27-2)10-7-16/h6-7,9-10,13-14,17H,3-5,8,11-12,15H2,1-2H3/t17-/m0/s1. The van der Waals surface area contributed by atoms with Crippen LogP contribution in [0.4, 0.5) is 0 Å². The Labute approximate surface area is 171 Å². The van der Waals surface area contributed by atoms with Crippen LogP contribution in [0.25, 0.3) is 0 Å². The first-order chi connectivity index (χ1) is 13.6. The fraction of sp³-hybridized carbons (Fsp3) is 0.455. The highest BCUT2D eigenvalue weighted by atomic mass is 35.5. The zero-order valence-corrected chi connectivity index (χ0v) is 17.2. The number of likely N-dealkylation sites (N-methyl/N-ethyl adjacent to an activating group) is 1. The van der Waals surface area contributed by atoms with Gasteiger partial charge in [0.1, 0.15) is 23.3 Å². The number of methoxy groups -OCH3 is 1. The largest absolute Gasteiger partial charge is 0.497 e. The monoisotopic (exact) mass is 402 g/mol. The van der Waals surface area contributed by atoms with Crippen molar-refractivity contribution in [2.75, 3.05) is 27.3 Å². The number of Topliss-reactive ketones (excluding diaryl/α,β-unsaturated/α-hetero) is 1. The van der Waals surface area contributed by atoms with Gasteiger partial charge in [-0.1, -0.05) is 30.2 Å². The molecule has 2 aromatic rings. The Hall–Kier alpha value is -2.11. The first kappa shape index (κ1) is 20.6. The second kappa shape index (κ2) is 9.89. The third kappa shape index (κ3) is 5.46. The zero-order chi connectivity index (χ0) is 19.9. The summed E-state index contributed by atoms with van der Waals surface area (Å²) >= 11 is 6.17. The van der Waals surface area contributed by atoms with Gasteiger partial charge in [-0.05, 0) is 56.6 Å². The maximum atomic E-state index is 12.7. The van der Waals surface area contributed by atoms with Crippen LogP contribution in [0.15, 0.2) is 36.5 Å². The smallest absolute Gasteiger partial charge is 0.166 e. The quantitative estimate of drug-likeness (QED) is 0.483. The fourth-order valence-electron chi connectivity index (χ4n) is 3.44. The highest BCUT2D eigenvalue weighted by molar-refractivity contribution is 6.32. The van der Waals surface area contributed by atoms with Gasteiger partial charge in [-0.2, -0.15) is 0 Å². The zero-order valence-electron chi connectivity index (χ0n) is 16.5. The van der Waals surface area contributed by atoms with Gasteiger partial charge in [-0.25, -0.2) is 4.98 Å². The number of nitrogens with zero attached hydrogens (tertiary/aromatic N) is 2. The molecule has 0 bridgehead atoms. The Balaban J connectivity index is 1.59. The number of aryl methyl sites for hydroxylation is 1. The minimum Gasteiger partial charge on any atom is -0.497 e. The van der Waals surface area contributed by atoms with Crippen LogP contribution >= 0.6 is 11.6 Å². The summed E-state index contributed by atoms with van der Waals surface area (Å²) in [5, 5.41) is 0.224. The number of aromatic nitrogens is 1. The van der Waals surface area contributed by atoms with Gasteiger partial charge in [0.15, 0.2) is 5.78 Å². The van der Waals surface area contributed by atoms with E-state index in [4.69, 9.17) is 21.1 Å². The summed E-state index contributed by atoms with van der Waals surface area (Å²) in [5.74, 6) is 1.36. The van der Waals surface area contributed by atoms with E-state index in [1.165, 1.54) is 12.8 Å². The molecule has 1 atom stereocenters. The first-order valence-corrected chi connectivity index (χ1v) is 10.1. The second-order valence-corrected chi connectivity index (χ2v) is 7.58. The van der Waals surface area contributed by atoms with Crippen molar-refractivity contribution in [1.29, 1.82) is 0 Å². The van der Waals surface area contributed by atoms with Crippen molar-refractivity contribution in [2.45, 2.75) is 38.1 Å². The molecule has 0 unspecified atom stereocenters. The topological polar surface area (TPSA) is 51.7 Å². The number of carbonyl (C=O) groups is 1. The average Bonchev–Trinajstić information content (AvgIpc) is 2.72. The predicted molar refractivity (Wildman–Crippen MR) is 111 cm³/mol. The fourth-order valence-corrected chi connectivity index (χ4v) is 3.64. The van der Waals surface area contributed by atoms with E-state index < -0.39 is 0 Å². The number of ether oxygens (including phenoxy) is 2. The number of hydrogen-bond donors (Lipinski definition) is 0. The predicted octanol–water partition coefficient (Wildman–Crippen LogP) is 4.42. The van der Waals surface area contributed by atoms with E-state index in [1.54, 1.807) is 19.4 Å². The normalized spacial score (nSPS) is 17.3. The van der Waals surface area contributed by atoms with Crippen molar-refractivity contribution in [3.05, 3.63) is 52.8 Å². The van der Waals surface area contributed by atoms with Gasteiger partial charge in [0.05, 0.1) is 18.9 Å². The number of halogens is 1. The van der Waals surface area contributed by atoms with Crippen LogP contribution in [0.1, 0.15) is 41.6 Å². The molecule has 6 heteroatoms. The van der Waals surface area contributed by atoms with Crippen LogP contribution in [-0.4, -0.2) is 49.0 Å². The minimum absolute atomic E-state index is 0.0337. The molecule has 0 spiro atoms. The Bertz CT molecular complexity index is 795. The molecule has 1 aromatic heterocycles. The summed E-state index contributed by atoms with van der Waals surface area (Å²) in [5.41, 5.74) is 1.50. The number of likely N-dealkylation sites (tertiary alicyclic amines) is 1. The molecule has 0 radical (unpaired) electrons. The summed E-state index contributed by atoms with van der Waals surface area (Å²) in [6.07, 6.45) is 6.19. The van der Waals surface area contributed by atoms with Crippen molar-refractivity contribution in [1.82, 2.24) is 9.88 Å². The molecule has 1 aromatic carbocycles. The number of carbonyl (C=O) groups excluding carboxylic acids is 1. The summed E-state index contributed by atoms with van der Waals surface area (Å²) in [6, 6.07) is 9.84. The number of pyridine rings is 1. The lowest BCUT2D eigenvalue weighted by Crippen LogP contribution is -2.40. The summed E-state index contributed by atoms with van der Waals surface area (Å²) in [7, 11) is 3.76. The van der Waals surface area contributed by atoms with Crippen LogP contribution in [0.5, 0.6) is 11.5 Å². The number of rotatable bonds is 8. The molecule has 1 fully saturated rings. The third-order valence-corrected chi connectivity index (χ3v) is 5.58. The minimum atomic E-state index is -0.0337. The van der Waals surface area contributed by atoms with Crippen molar-refractivity contribution in [3.63, 3.8) is 0 Å². The maximum Gasteiger partial charge on any atom is 0.166 e. The van der Waals surface area contributed by atoms with Crippen LogP contribution in [0.2, 0.25) is 5.15 Å². The third-order valence-electron chi connectivity index (χ3n) is 5.28. The van der Waals surface area contributed by atoms with E-state index in [0.29, 0.717) is 36.8 Å². The molecule has 28 heavy (non-hydrogen) atoms. The second-order valence-electron chi connectivity index (χ2n) is 7.22. The number of ketones is 1. The van der Waals surface area contributed by atoms with E-state index in [-0.39, 0.29) is 10.9 Å². The molecule has 1 aliphatic heterocycles. The average molecular weight is 403 g/mol. The van der Waals surface area contributed by atoms with Crippen molar-refractivity contribution >= 4 is 17.4 Å². The summed E-state index contributed by atoms with van der Waals surface area (Å²) in [6.45, 7) is 1.70. The van der Waals surface area contributed by atoms with Crippen molar-refractivity contribution in [3.8, 4) is 11.5 Å². The van der Waals surface area contributed by atoms with Gasteiger partial charge in [0, 0.05) is 12.5 Å².